The SMILES string of the molecule is CCNC(=NCC1CC1)N(C)Cc1ccc(OCC)cc1. The number of rotatable bonds is 7. The minimum atomic E-state index is 0.706. The van der Waals surface area contributed by atoms with Crippen LogP contribution in [0.5, 0.6) is 5.75 Å². The molecule has 1 aliphatic rings. The second-order valence-electron chi connectivity index (χ2n) is 5.57. The summed E-state index contributed by atoms with van der Waals surface area (Å²) in [5.74, 6) is 2.74. The summed E-state index contributed by atoms with van der Waals surface area (Å²) in [6, 6.07) is 8.29. The highest BCUT2D eigenvalue weighted by Crippen LogP contribution is 2.28. The van der Waals surface area contributed by atoms with Crippen molar-refractivity contribution < 1.29 is 4.74 Å². The third kappa shape index (κ3) is 5.29. The molecule has 1 N–H and O–H groups in total. The van der Waals surface area contributed by atoms with Gasteiger partial charge >= 0.3 is 0 Å². The Morgan fingerprint density at radius 3 is 2.57 bits per heavy atom. The van der Waals surface area contributed by atoms with Gasteiger partial charge in [0.2, 0.25) is 0 Å². The number of hydrogen-bond acceptors (Lipinski definition) is 2. The van der Waals surface area contributed by atoms with E-state index in [1.54, 1.807) is 0 Å². The van der Waals surface area contributed by atoms with E-state index in [-0.39, 0.29) is 0 Å². The van der Waals surface area contributed by atoms with Crippen LogP contribution < -0.4 is 10.1 Å². The van der Waals surface area contributed by atoms with Crippen molar-refractivity contribution in [3.8, 4) is 5.75 Å². The highest BCUT2D eigenvalue weighted by Gasteiger charge is 2.21. The number of nitrogens with zero attached hydrogens (tertiary/aromatic N) is 2. The zero-order chi connectivity index (χ0) is 15.1. The molecule has 2 rings (SSSR count). The van der Waals surface area contributed by atoms with Gasteiger partial charge in [-0.15, -0.1) is 0 Å². The first-order chi connectivity index (χ1) is 10.2. The third-order valence-electron chi connectivity index (χ3n) is 3.55. The molecule has 0 spiro atoms. The van der Waals surface area contributed by atoms with Crippen molar-refractivity contribution in [2.24, 2.45) is 10.9 Å². The van der Waals surface area contributed by atoms with E-state index in [0.29, 0.717) is 6.61 Å². The molecule has 0 bridgehead atoms. The number of aliphatic imine (C=N–C) groups is 1. The smallest absolute Gasteiger partial charge is 0.193 e. The van der Waals surface area contributed by atoms with Gasteiger partial charge in [-0.05, 0) is 50.3 Å². The highest BCUT2D eigenvalue weighted by atomic mass is 16.5. The molecule has 0 atom stereocenters. The molecule has 1 saturated carbocycles. The van der Waals surface area contributed by atoms with E-state index in [1.807, 2.05) is 19.1 Å². The van der Waals surface area contributed by atoms with Crippen molar-refractivity contribution in [1.29, 1.82) is 0 Å². The maximum atomic E-state index is 5.47. The first kappa shape index (κ1) is 15.7. The molecule has 0 radical (unpaired) electrons. The molecule has 0 aromatic heterocycles. The monoisotopic (exact) mass is 289 g/mol. The Kier molecular flexibility index (Phi) is 5.90. The molecule has 21 heavy (non-hydrogen) atoms. The van der Waals surface area contributed by atoms with Gasteiger partial charge in [0, 0.05) is 26.7 Å². The standard InChI is InChI=1S/C17H27N3O/c1-4-18-17(19-12-14-6-7-14)20(3)13-15-8-10-16(11-9-15)21-5-2/h8-11,14H,4-7,12-13H2,1-3H3,(H,18,19). The van der Waals surface area contributed by atoms with Gasteiger partial charge in [-0.3, -0.25) is 4.99 Å². The van der Waals surface area contributed by atoms with Crippen LogP contribution in [0.15, 0.2) is 29.3 Å². The maximum Gasteiger partial charge on any atom is 0.193 e. The lowest BCUT2D eigenvalue weighted by atomic mass is 10.2. The topological polar surface area (TPSA) is 36.9 Å². The first-order valence-electron chi connectivity index (χ1n) is 7.94. The first-order valence-corrected chi connectivity index (χ1v) is 7.94. The van der Waals surface area contributed by atoms with E-state index < -0.39 is 0 Å². The Morgan fingerprint density at radius 1 is 1.29 bits per heavy atom. The van der Waals surface area contributed by atoms with Gasteiger partial charge in [0.1, 0.15) is 5.75 Å². The molecule has 0 saturated heterocycles. The predicted octanol–water partition coefficient (Wildman–Crippen LogP) is 2.89. The lowest BCUT2D eigenvalue weighted by molar-refractivity contribution is 0.340. The summed E-state index contributed by atoms with van der Waals surface area (Å²) in [6.07, 6.45) is 2.68. The van der Waals surface area contributed by atoms with E-state index in [9.17, 15) is 0 Å². The average molecular weight is 289 g/mol. The lowest BCUT2D eigenvalue weighted by Gasteiger charge is -2.22. The van der Waals surface area contributed by atoms with Crippen LogP contribution in [0.1, 0.15) is 32.3 Å². The van der Waals surface area contributed by atoms with Gasteiger partial charge in [0.25, 0.3) is 0 Å². The Bertz CT molecular complexity index is 452. The van der Waals surface area contributed by atoms with Crippen LogP contribution in [0.4, 0.5) is 0 Å². The molecule has 4 heteroatoms. The fourth-order valence-corrected chi connectivity index (χ4v) is 2.19. The maximum absolute atomic E-state index is 5.47. The van der Waals surface area contributed by atoms with Crippen molar-refractivity contribution in [1.82, 2.24) is 10.2 Å². The van der Waals surface area contributed by atoms with E-state index in [4.69, 9.17) is 9.73 Å². The molecule has 4 nitrogen and oxygen atoms in total. The van der Waals surface area contributed by atoms with Gasteiger partial charge < -0.3 is 15.0 Å². The van der Waals surface area contributed by atoms with Crippen LogP contribution in [0, 0.1) is 5.92 Å². The molecule has 116 valence electrons. The average Bonchev–Trinajstić information content (AvgIpc) is 3.30. The zero-order valence-corrected chi connectivity index (χ0v) is 13.4. The van der Waals surface area contributed by atoms with E-state index >= 15 is 0 Å². The Morgan fingerprint density at radius 2 is 2.00 bits per heavy atom. The van der Waals surface area contributed by atoms with Crippen molar-refractivity contribution in [3.05, 3.63) is 29.8 Å². The van der Waals surface area contributed by atoms with E-state index in [1.165, 1.54) is 18.4 Å². The summed E-state index contributed by atoms with van der Waals surface area (Å²) in [5, 5.41) is 3.37. The van der Waals surface area contributed by atoms with Gasteiger partial charge in [0.05, 0.1) is 6.61 Å². The quantitative estimate of drug-likeness (QED) is 0.619. The lowest BCUT2D eigenvalue weighted by Crippen LogP contribution is -2.38. The fourth-order valence-electron chi connectivity index (χ4n) is 2.19. The summed E-state index contributed by atoms with van der Waals surface area (Å²) in [4.78, 5) is 6.91. The molecular weight excluding hydrogens is 262 g/mol. The van der Waals surface area contributed by atoms with E-state index in [0.717, 1.165) is 37.3 Å². The molecule has 0 amide bonds. The molecule has 0 unspecified atom stereocenters. The molecule has 1 aromatic carbocycles. The number of nitrogens with one attached hydrogen (secondary N) is 1. The molecule has 1 aliphatic carbocycles. The second-order valence-corrected chi connectivity index (χ2v) is 5.57. The zero-order valence-electron chi connectivity index (χ0n) is 13.4. The second kappa shape index (κ2) is 7.91. The molecule has 1 aromatic rings. The number of benzene rings is 1. The Labute approximate surface area is 128 Å². The molecular formula is C17H27N3O. The fraction of sp³-hybridized carbons (Fsp3) is 0.588. The van der Waals surface area contributed by atoms with Gasteiger partial charge in [-0.2, -0.15) is 0 Å². The molecule has 1 fully saturated rings. The summed E-state index contributed by atoms with van der Waals surface area (Å²) < 4.78 is 5.47. The van der Waals surface area contributed by atoms with Crippen molar-refractivity contribution in [2.75, 3.05) is 26.7 Å². The summed E-state index contributed by atoms with van der Waals surface area (Å²) in [7, 11) is 2.09. The largest absolute Gasteiger partial charge is 0.494 e. The van der Waals surface area contributed by atoms with Crippen LogP contribution in [0.2, 0.25) is 0 Å². The normalized spacial score (nSPS) is 14.9. The van der Waals surface area contributed by atoms with Crippen molar-refractivity contribution in [3.63, 3.8) is 0 Å². The number of guanidine groups is 1. The van der Waals surface area contributed by atoms with Crippen LogP contribution in [-0.2, 0) is 6.54 Å². The van der Waals surface area contributed by atoms with Crippen molar-refractivity contribution in [2.45, 2.75) is 33.2 Å². The van der Waals surface area contributed by atoms with Crippen molar-refractivity contribution >= 4 is 5.96 Å². The van der Waals surface area contributed by atoms with E-state index in [2.05, 4.69) is 36.3 Å². The van der Waals surface area contributed by atoms with Gasteiger partial charge in [0.15, 0.2) is 5.96 Å². The summed E-state index contributed by atoms with van der Waals surface area (Å²) in [6.45, 7) is 7.52. The predicted molar refractivity (Wildman–Crippen MR) is 87.8 cm³/mol. The molecule has 0 heterocycles. The highest BCUT2D eigenvalue weighted by molar-refractivity contribution is 5.79. The van der Waals surface area contributed by atoms with Crippen LogP contribution in [-0.4, -0.2) is 37.6 Å². The number of hydrogen-bond donors (Lipinski definition) is 1. The van der Waals surface area contributed by atoms with Crippen LogP contribution >= 0.6 is 0 Å². The number of ether oxygens (including phenoxy) is 1. The minimum absolute atomic E-state index is 0.706. The molecule has 0 aliphatic heterocycles. The van der Waals surface area contributed by atoms with Gasteiger partial charge in [-0.1, -0.05) is 12.1 Å². The van der Waals surface area contributed by atoms with Gasteiger partial charge in [-0.25, -0.2) is 0 Å². The van der Waals surface area contributed by atoms with Crippen LogP contribution in [0.25, 0.3) is 0 Å². The minimum Gasteiger partial charge on any atom is -0.494 e. The third-order valence-corrected chi connectivity index (χ3v) is 3.55. The Hall–Kier alpha value is -1.71. The summed E-state index contributed by atoms with van der Waals surface area (Å²) >= 11 is 0. The summed E-state index contributed by atoms with van der Waals surface area (Å²) in [5.41, 5.74) is 1.26. The van der Waals surface area contributed by atoms with Crippen LogP contribution in [0.3, 0.4) is 0 Å². The Balaban J connectivity index is 1.92.